The van der Waals surface area contributed by atoms with Gasteiger partial charge in [-0.15, -0.1) is 11.3 Å². The van der Waals surface area contributed by atoms with Gasteiger partial charge in [0.25, 0.3) is 5.91 Å². The van der Waals surface area contributed by atoms with Crippen molar-refractivity contribution in [2.75, 3.05) is 5.32 Å². The highest BCUT2D eigenvalue weighted by Gasteiger charge is 2.53. The van der Waals surface area contributed by atoms with Crippen molar-refractivity contribution in [3.05, 3.63) is 60.7 Å². The second kappa shape index (κ2) is 7.67. The van der Waals surface area contributed by atoms with Gasteiger partial charge in [0.1, 0.15) is 5.82 Å². The van der Waals surface area contributed by atoms with E-state index in [0.717, 1.165) is 37.7 Å². The SMILES string of the molecule is Cc1cc2cc(Nc3ccnc4cc(-c5nccn5C)sc34)ccc2n1C(=O)OC1(C(N)=O)CC1. The fourth-order valence-corrected chi connectivity index (χ4v) is 5.43. The minimum absolute atomic E-state index is 0.464. The molecule has 3 N–H and O–H groups in total. The van der Waals surface area contributed by atoms with E-state index in [1.54, 1.807) is 23.7 Å². The lowest BCUT2D eigenvalue weighted by molar-refractivity contribution is -0.128. The first-order chi connectivity index (χ1) is 16.8. The molecule has 0 radical (unpaired) electrons. The summed E-state index contributed by atoms with van der Waals surface area (Å²) in [6, 6.07) is 11.7. The highest BCUT2D eigenvalue weighted by molar-refractivity contribution is 7.22. The molecular formula is C25H22N6O3S. The quantitative estimate of drug-likeness (QED) is 0.372. The normalized spacial score (nSPS) is 14.3. The molecule has 0 bridgehead atoms. The van der Waals surface area contributed by atoms with Crippen molar-refractivity contribution in [1.29, 1.82) is 0 Å². The van der Waals surface area contributed by atoms with Crippen molar-refractivity contribution < 1.29 is 14.3 Å². The molecule has 176 valence electrons. The molecule has 6 rings (SSSR count). The predicted octanol–water partition coefficient (Wildman–Crippen LogP) is 4.71. The van der Waals surface area contributed by atoms with Crippen molar-refractivity contribution in [3.8, 4) is 10.7 Å². The van der Waals surface area contributed by atoms with E-state index >= 15 is 0 Å². The van der Waals surface area contributed by atoms with Crippen LogP contribution in [0.4, 0.5) is 16.2 Å². The number of anilines is 2. The summed E-state index contributed by atoms with van der Waals surface area (Å²) in [5.74, 6) is 0.295. The zero-order chi connectivity index (χ0) is 24.3. The molecule has 0 atom stereocenters. The van der Waals surface area contributed by atoms with Gasteiger partial charge >= 0.3 is 6.09 Å². The molecule has 1 aromatic carbocycles. The molecule has 1 saturated carbocycles. The number of imidazole rings is 1. The zero-order valence-corrected chi connectivity index (χ0v) is 19.9. The Bertz CT molecular complexity index is 1640. The number of hydrogen-bond donors (Lipinski definition) is 2. The van der Waals surface area contributed by atoms with Gasteiger partial charge in [0.15, 0.2) is 5.60 Å². The summed E-state index contributed by atoms with van der Waals surface area (Å²) in [5, 5.41) is 4.36. The Balaban J connectivity index is 1.32. The lowest BCUT2D eigenvalue weighted by Gasteiger charge is -2.14. The van der Waals surface area contributed by atoms with Crippen molar-refractivity contribution in [2.24, 2.45) is 12.8 Å². The van der Waals surface area contributed by atoms with E-state index < -0.39 is 17.6 Å². The standard InChI is InChI=1S/C25H22N6O3S/c1-14-11-15-12-16(3-4-19(15)31(14)24(33)34-25(6-7-25)23(26)32)29-17-5-8-27-18-13-20(35-21(17)18)22-28-9-10-30(22)2/h3-5,8-13H,6-7H2,1-2H3,(H2,26,32)(H,27,29). The van der Waals surface area contributed by atoms with Gasteiger partial charge in [-0.25, -0.2) is 14.3 Å². The first-order valence-electron chi connectivity index (χ1n) is 11.1. The third kappa shape index (κ3) is 3.53. The number of nitrogens with two attached hydrogens (primary N) is 1. The largest absolute Gasteiger partial charge is 0.432 e. The Morgan fingerprint density at radius 3 is 2.69 bits per heavy atom. The maximum absolute atomic E-state index is 12.9. The van der Waals surface area contributed by atoms with E-state index in [1.165, 1.54) is 4.57 Å². The number of primary amides is 1. The summed E-state index contributed by atoms with van der Waals surface area (Å²) in [7, 11) is 1.97. The van der Waals surface area contributed by atoms with E-state index in [4.69, 9.17) is 10.5 Å². The number of hydrogen-bond acceptors (Lipinski definition) is 7. The summed E-state index contributed by atoms with van der Waals surface area (Å²) in [6.07, 6.45) is 5.82. The van der Waals surface area contributed by atoms with Crippen LogP contribution in [0.2, 0.25) is 0 Å². The molecule has 4 heterocycles. The lowest BCUT2D eigenvalue weighted by Crippen LogP contribution is -2.36. The Morgan fingerprint density at radius 1 is 1.14 bits per heavy atom. The van der Waals surface area contributed by atoms with Crippen LogP contribution in [0.1, 0.15) is 18.5 Å². The summed E-state index contributed by atoms with van der Waals surface area (Å²) < 4.78 is 9.97. The number of ether oxygens (including phenoxy) is 1. The third-order valence-electron chi connectivity index (χ3n) is 6.34. The average molecular weight is 487 g/mol. The number of nitrogens with one attached hydrogen (secondary N) is 1. The zero-order valence-electron chi connectivity index (χ0n) is 19.1. The molecular weight excluding hydrogens is 464 g/mol. The first-order valence-corrected chi connectivity index (χ1v) is 11.9. The van der Waals surface area contributed by atoms with Gasteiger partial charge in [0, 0.05) is 55.2 Å². The molecule has 1 aliphatic rings. The van der Waals surface area contributed by atoms with Gasteiger partial charge in [-0.05, 0) is 43.3 Å². The molecule has 0 aliphatic heterocycles. The maximum atomic E-state index is 12.9. The Kier molecular flexibility index (Phi) is 4.68. The van der Waals surface area contributed by atoms with E-state index in [1.807, 2.05) is 61.1 Å². The Labute approximate surface area is 204 Å². The van der Waals surface area contributed by atoms with Crippen LogP contribution in [0.5, 0.6) is 0 Å². The number of amides is 1. The van der Waals surface area contributed by atoms with E-state index in [9.17, 15) is 9.59 Å². The van der Waals surface area contributed by atoms with Crippen molar-refractivity contribution in [2.45, 2.75) is 25.4 Å². The molecule has 1 aliphatic carbocycles. The number of nitrogens with zero attached hydrogens (tertiary/aromatic N) is 4. The predicted molar refractivity (Wildman–Crippen MR) is 135 cm³/mol. The number of pyridine rings is 1. The summed E-state index contributed by atoms with van der Waals surface area (Å²) in [5.41, 5.74) is 8.37. The van der Waals surface area contributed by atoms with Gasteiger partial charge in [-0.2, -0.15) is 0 Å². The second-order valence-electron chi connectivity index (χ2n) is 8.79. The van der Waals surface area contributed by atoms with Crippen LogP contribution in [0, 0.1) is 6.92 Å². The van der Waals surface area contributed by atoms with Crippen LogP contribution in [0.15, 0.2) is 55.0 Å². The summed E-state index contributed by atoms with van der Waals surface area (Å²) in [6.45, 7) is 1.83. The molecule has 10 heteroatoms. The first kappa shape index (κ1) is 21.4. The molecule has 0 saturated heterocycles. The lowest BCUT2D eigenvalue weighted by atomic mass is 10.2. The van der Waals surface area contributed by atoms with Gasteiger partial charge in [0.2, 0.25) is 0 Å². The van der Waals surface area contributed by atoms with Crippen molar-refractivity contribution >= 4 is 55.8 Å². The van der Waals surface area contributed by atoms with Gasteiger partial charge < -0.3 is 20.4 Å². The van der Waals surface area contributed by atoms with Crippen LogP contribution in [-0.4, -0.2) is 36.7 Å². The van der Waals surface area contributed by atoms with Gasteiger partial charge in [-0.1, -0.05) is 0 Å². The topological polar surface area (TPSA) is 117 Å². The number of aromatic nitrogens is 4. The fraction of sp³-hybridized carbons (Fsp3) is 0.200. The number of carbonyl (C=O) groups excluding carboxylic acids is 2. The number of thiophene rings is 1. The van der Waals surface area contributed by atoms with Crippen LogP contribution < -0.4 is 11.1 Å². The number of carbonyl (C=O) groups is 2. The van der Waals surface area contributed by atoms with E-state index in [-0.39, 0.29) is 0 Å². The minimum atomic E-state index is -1.16. The smallest absolute Gasteiger partial charge is 0.419 e. The number of fused-ring (bicyclic) bond motifs is 2. The van der Waals surface area contributed by atoms with Gasteiger partial charge in [-0.3, -0.25) is 9.78 Å². The summed E-state index contributed by atoms with van der Waals surface area (Å²) >= 11 is 1.63. The highest BCUT2D eigenvalue weighted by atomic mass is 32.1. The molecule has 4 aromatic heterocycles. The Hall–Kier alpha value is -4.18. The maximum Gasteiger partial charge on any atom is 0.419 e. The minimum Gasteiger partial charge on any atom is -0.432 e. The second-order valence-corrected chi connectivity index (χ2v) is 9.84. The third-order valence-corrected chi connectivity index (χ3v) is 7.49. The van der Waals surface area contributed by atoms with Crippen LogP contribution in [0.25, 0.3) is 31.8 Å². The summed E-state index contributed by atoms with van der Waals surface area (Å²) in [4.78, 5) is 34.5. The van der Waals surface area contributed by atoms with Crippen molar-refractivity contribution in [1.82, 2.24) is 19.1 Å². The van der Waals surface area contributed by atoms with Crippen LogP contribution >= 0.6 is 11.3 Å². The highest BCUT2D eigenvalue weighted by Crippen LogP contribution is 2.40. The molecule has 0 unspecified atom stereocenters. The Morgan fingerprint density at radius 2 is 1.97 bits per heavy atom. The van der Waals surface area contributed by atoms with Gasteiger partial charge in [0.05, 0.1) is 26.3 Å². The number of aryl methyl sites for hydroxylation is 2. The van der Waals surface area contributed by atoms with Crippen LogP contribution in [-0.2, 0) is 16.6 Å². The van der Waals surface area contributed by atoms with Crippen molar-refractivity contribution in [3.63, 3.8) is 0 Å². The average Bonchev–Trinajstić information content (AvgIpc) is 3.14. The van der Waals surface area contributed by atoms with E-state index in [0.29, 0.717) is 24.1 Å². The molecule has 0 spiro atoms. The molecule has 35 heavy (non-hydrogen) atoms. The monoisotopic (exact) mass is 486 g/mol. The number of rotatable bonds is 5. The number of benzene rings is 1. The van der Waals surface area contributed by atoms with E-state index in [2.05, 4.69) is 15.3 Å². The molecule has 9 nitrogen and oxygen atoms in total. The fourth-order valence-electron chi connectivity index (χ4n) is 4.30. The molecule has 5 aromatic rings. The van der Waals surface area contributed by atoms with Crippen LogP contribution in [0.3, 0.4) is 0 Å². The molecule has 1 fully saturated rings. The molecule has 1 amide bonds.